The Morgan fingerprint density at radius 3 is 2.00 bits per heavy atom. The van der Waals surface area contributed by atoms with Crippen molar-refractivity contribution in [1.29, 1.82) is 0 Å². The lowest BCUT2D eigenvalue weighted by Crippen LogP contribution is -2.21. The summed E-state index contributed by atoms with van der Waals surface area (Å²) in [4.78, 5) is 0. The van der Waals surface area contributed by atoms with Crippen LogP contribution in [0.15, 0.2) is 36.4 Å². The van der Waals surface area contributed by atoms with Gasteiger partial charge in [0.15, 0.2) is 0 Å². The molecule has 0 bridgehead atoms. The SMILES string of the molecule is Cc1cccc(C)c1CNC(C)c1c(F)cccc1F. The van der Waals surface area contributed by atoms with Gasteiger partial charge in [0.05, 0.1) is 0 Å². The highest BCUT2D eigenvalue weighted by molar-refractivity contribution is 5.33. The van der Waals surface area contributed by atoms with E-state index in [0.29, 0.717) is 6.54 Å². The highest BCUT2D eigenvalue weighted by atomic mass is 19.1. The van der Waals surface area contributed by atoms with Crippen molar-refractivity contribution in [2.45, 2.75) is 33.4 Å². The standard InChI is InChI=1S/C17H19F2N/c1-11-6-4-7-12(2)14(11)10-20-13(3)17-15(18)8-5-9-16(17)19/h4-9,13,20H,10H2,1-3H3. The molecule has 0 radical (unpaired) electrons. The van der Waals surface area contributed by atoms with E-state index in [4.69, 9.17) is 0 Å². The Kier molecular flexibility index (Phi) is 4.50. The Balaban J connectivity index is 2.15. The molecule has 1 N–H and O–H groups in total. The van der Waals surface area contributed by atoms with Gasteiger partial charge in [-0.05, 0) is 49.6 Å². The fourth-order valence-electron chi connectivity index (χ4n) is 2.41. The largest absolute Gasteiger partial charge is 0.306 e. The summed E-state index contributed by atoms with van der Waals surface area (Å²) in [7, 11) is 0. The van der Waals surface area contributed by atoms with Crippen molar-refractivity contribution in [3.8, 4) is 0 Å². The van der Waals surface area contributed by atoms with Gasteiger partial charge in [0, 0.05) is 18.2 Å². The molecule has 0 saturated heterocycles. The molecular formula is C17H19F2N. The van der Waals surface area contributed by atoms with Crippen molar-refractivity contribution < 1.29 is 8.78 Å². The minimum atomic E-state index is -0.508. The molecule has 1 unspecified atom stereocenters. The van der Waals surface area contributed by atoms with Gasteiger partial charge in [0.25, 0.3) is 0 Å². The van der Waals surface area contributed by atoms with E-state index in [1.807, 2.05) is 32.0 Å². The summed E-state index contributed by atoms with van der Waals surface area (Å²) < 4.78 is 27.4. The molecule has 20 heavy (non-hydrogen) atoms. The van der Waals surface area contributed by atoms with Gasteiger partial charge in [-0.25, -0.2) is 8.78 Å². The maximum Gasteiger partial charge on any atom is 0.130 e. The molecule has 2 aromatic rings. The highest BCUT2D eigenvalue weighted by Gasteiger charge is 2.15. The fraction of sp³-hybridized carbons (Fsp3) is 0.294. The Morgan fingerprint density at radius 2 is 1.45 bits per heavy atom. The molecule has 1 atom stereocenters. The number of aryl methyl sites for hydroxylation is 2. The van der Waals surface area contributed by atoms with E-state index in [1.165, 1.54) is 34.9 Å². The van der Waals surface area contributed by atoms with Crippen molar-refractivity contribution in [1.82, 2.24) is 5.32 Å². The van der Waals surface area contributed by atoms with Crippen LogP contribution in [-0.4, -0.2) is 0 Å². The summed E-state index contributed by atoms with van der Waals surface area (Å²) in [6.45, 7) is 6.44. The minimum Gasteiger partial charge on any atom is -0.306 e. The van der Waals surface area contributed by atoms with Crippen molar-refractivity contribution in [3.63, 3.8) is 0 Å². The number of hydrogen-bond acceptors (Lipinski definition) is 1. The Hall–Kier alpha value is -1.74. The molecule has 0 aliphatic heterocycles. The average molecular weight is 275 g/mol. The van der Waals surface area contributed by atoms with E-state index in [2.05, 4.69) is 5.32 Å². The van der Waals surface area contributed by atoms with Gasteiger partial charge in [-0.1, -0.05) is 24.3 Å². The first kappa shape index (κ1) is 14.7. The lowest BCUT2D eigenvalue weighted by molar-refractivity contribution is 0.487. The highest BCUT2D eigenvalue weighted by Crippen LogP contribution is 2.21. The van der Waals surface area contributed by atoms with Crippen molar-refractivity contribution in [2.24, 2.45) is 0 Å². The first-order chi connectivity index (χ1) is 9.50. The molecule has 0 amide bonds. The van der Waals surface area contributed by atoms with Crippen LogP contribution in [0.3, 0.4) is 0 Å². The lowest BCUT2D eigenvalue weighted by atomic mass is 10.0. The summed E-state index contributed by atoms with van der Waals surface area (Å²) >= 11 is 0. The summed E-state index contributed by atoms with van der Waals surface area (Å²) in [5.41, 5.74) is 3.63. The van der Waals surface area contributed by atoms with Crippen LogP contribution in [0.5, 0.6) is 0 Å². The summed E-state index contributed by atoms with van der Waals surface area (Å²) in [6.07, 6.45) is 0. The molecule has 2 aromatic carbocycles. The van der Waals surface area contributed by atoms with Gasteiger partial charge >= 0.3 is 0 Å². The number of hydrogen-bond donors (Lipinski definition) is 1. The van der Waals surface area contributed by atoms with E-state index < -0.39 is 11.6 Å². The number of halogens is 2. The zero-order chi connectivity index (χ0) is 14.7. The van der Waals surface area contributed by atoms with Crippen molar-refractivity contribution in [2.75, 3.05) is 0 Å². The topological polar surface area (TPSA) is 12.0 Å². The predicted molar refractivity (Wildman–Crippen MR) is 77.5 cm³/mol. The second-order valence-electron chi connectivity index (χ2n) is 5.11. The predicted octanol–water partition coefficient (Wildman–Crippen LogP) is 4.43. The lowest BCUT2D eigenvalue weighted by Gasteiger charge is -2.18. The van der Waals surface area contributed by atoms with Gasteiger partial charge in [-0.2, -0.15) is 0 Å². The van der Waals surface area contributed by atoms with Crippen LogP contribution < -0.4 is 5.32 Å². The van der Waals surface area contributed by atoms with Crippen LogP contribution in [0.1, 0.15) is 35.2 Å². The van der Waals surface area contributed by atoms with Crippen LogP contribution in [0.4, 0.5) is 8.78 Å². The molecule has 0 aliphatic carbocycles. The number of rotatable bonds is 4. The second kappa shape index (κ2) is 6.14. The number of nitrogens with one attached hydrogen (secondary N) is 1. The van der Waals surface area contributed by atoms with Gasteiger partial charge in [-0.15, -0.1) is 0 Å². The normalized spacial score (nSPS) is 12.4. The van der Waals surface area contributed by atoms with Crippen LogP contribution in [0.25, 0.3) is 0 Å². The van der Waals surface area contributed by atoms with Crippen LogP contribution in [0.2, 0.25) is 0 Å². The Bertz CT molecular complexity index is 567. The second-order valence-corrected chi connectivity index (χ2v) is 5.11. The maximum absolute atomic E-state index is 13.7. The molecule has 3 heteroatoms. The number of benzene rings is 2. The molecule has 0 fully saturated rings. The van der Waals surface area contributed by atoms with Crippen LogP contribution in [0, 0.1) is 25.5 Å². The van der Waals surface area contributed by atoms with Crippen LogP contribution >= 0.6 is 0 Å². The molecule has 1 nitrogen and oxygen atoms in total. The fourth-order valence-corrected chi connectivity index (χ4v) is 2.41. The Labute approximate surface area is 118 Å². The van der Waals surface area contributed by atoms with E-state index in [-0.39, 0.29) is 11.6 Å². The van der Waals surface area contributed by atoms with Gasteiger partial charge in [-0.3, -0.25) is 0 Å². The zero-order valence-corrected chi connectivity index (χ0v) is 12.0. The quantitative estimate of drug-likeness (QED) is 0.870. The van der Waals surface area contributed by atoms with E-state index >= 15 is 0 Å². The third-order valence-electron chi connectivity index (χ3n) is 3.66. The van der Waals surface area contributed by atoms with E-state index in [9.17, 15) is 8.78 Å². The van der Waals surface area contributed by atoms with Gasteiger partial charge in [0.1, 0.15) is 11.6 Å². The molecule has 2 rings (SSSR count). The third-order valence-corrected chi connectivity index (χ3v) is 3.66. The molecule has 0 spiro atoms. The first-order valence-corrected chi connectivity index (χ1v) is 6.73. The summed E-state index contributed by atoms with van der Waals surface area (Å²) in [6, 6.07) is 9.66. The molecule has 0 aliphatic rings. The van der Waals surface area contributed by atoms with Crippen molar-refractivity contribution in [3.05, 3.63) is 70.3 Å². The Morgan fingerprint density at radius 1 is 0.950 bits per heavy atom. The molecule has 0 saturated carbocycles. The first-order valence-electron chi connectivity index (χ1n) is 6.73. The maximum atomic E-state index is 13.7. The monoisotopic (exact) mass is 275 g/mol. The third kappa shape index (κ3) is 3.05. The van der Waals surface area contributed by atoms with Crippen LogP contribution in [-0.2, 0) is 6.54 Å². The van der Waals surface area contributed by atoms with E-state index in [1.54, 1.807) is 6.92 Å². The van der Waals surface area contributed by atoms with E-state index in [0.717, 1.165) is 0 Å². The molecule has 0 aromatic heterocycles. The van der Waals surface area contributed by atoms with Crippen molar-refractivity contribution >= 4 is 0 Å². The molecular weight excluding hydrogens is 256 g/mol. The average Bonchev–Trinajstić information content (AvgIpc) is 2.38. The summed E-state index contributed by atoms with van der Waals surface area (Å²) in [5, 5.41) is 3.20. The minimum absolute atomic E-state index is 0.0961. The van der Waals surface area contributed by atoms with Gasteiger partial charge < -0.3 is 5.32 Å². The zero-order valence-electron chi connectivity index (χ0n) is 12.0. The van der Waals surface area contributed by atoms with Gasteiger partial charge in [0.2, 0.25) is 0 Å². The smallest absolute Gasteiger partial charge is 0.130 e. The molecule has 106 valence electrons. The summed E-state index contributed by atoms with van der Waals surface area (Å²) in [5.74, 6) is -1.02. The molecule has 0 heterocycles.